The quantitative estimate of drug-likeness (QED) is 0.350. The first kappa shape index (κ1) is 14.8. The molecule has 2 heterocycles. The third-order valence-electron chi connectivity index (χ3n) is 4.12. The summed E-state index contributed by atoms with van der Waals surface area (Å²) in [7, 11) is -2.97. The zero-order chi connectivity index (χ0) is 16.0. The minimum absolute atomic E-state index is 0.0224. The molecule has 120 valence electrons. The van der Waals surface area contributed by atoms with Gasteiger partial charge >= 0.3 is 7.67 Å². The van der Waals surface area contributed by atoms with E-state index < -0.39 is 7.67 Å². The van der Waals surface area contributed by atoms with Crippen LogP contribution in [0.5, 0.6) is 0 Å². The van der Waals surface area contributed by atoms with E-state index in [9.17, 15) is 14.7 Å². The van der Waals surface area contributed by atoms with Crippen molar-refractivity contribution in [2.45, 2.75) is 6.61 Å². The van der Waals surface area contributed by atoms with Crippen molar-refractivity contribution >= 4 is 24.1 Å². The average Bonchev–Trinajstić information content (AvgIpc) is 3.41. The maximum atomic E-state index is 12.9. The molecular weight excluding hydrogens is 317 g/mol. The molecule has 4 rings (SSSR count). The molecule has 0 amide bonds. The lowest BCUT2D eigenvalue weighted by Gasteiger charge is -2.19. The molecule has 0 N–H and O–H groups in total. The summed E-state index contributed by atoms with van der Waals surface area (Å²) in [4.78, 5) is 11.1. The monoisotopic (exact) mass is 333 g/mol. The van der Waals surface area contributed by atoms with Crippen molar-refractivity contribution in [3.63, 3.8) is 0 Å². The molecule has 0 aromatic heterocycles. The Labute approximate surface area is 133 Å². The van der Waals surface area contributed by atoms with Crippen LogP contribution in [0.1, 0.15) is 5.56 Å². The number of fused-ring (bicyclic) bond motifs is 1. The zero-order valence-electron chi connectivity index (χ0n) is 12.4. The maximum Gasteiger partial charge on any atom is 0.346 e. The van der Waals surface area contributed by atoms with Crippen LogP contribution in [0.2, 0.25) is 0 Å². The first-order valence-corrected chi connectivity index (χ1v) is 9.03. The summed E-state index contributed by atoms with van der Waals surface area (Å²) in [6, 6.07) is 10.7. The van der Waals surface area contributed by atoms with Crippen molar-refractivity contribution in [1.29, 1.82) is 0 Å². The van der Waals surface area contributed by atoms with Crippen LogP contribution in [-0.2, 0) is 15.7 Å². The van der Waals surface area contributed by atoms with Crippen molar-refractivity contribution in [2.75, 3.05) is 26.2 Å². The van der Waals surface area contributed by atoms with Crippen LogP contribution in [0.15, 0.2) is 36.4 Å². The van der Waals surface area contributed by atoms with Gasteiger partial charge < -0.3 is 4.52 Å². The molecule has 2 aliphatic heterocycles. The number of nitrogens with zero attached hydrogens (tertiary/aromatic N) is 3. The van der Waals surface area contributed by atoms with Crippen molar-refractivity contribution in [3.8, 4) is 0 Å². The molecule has 2 aromatic rings. The van der Waals surface area contributed by atoms with Gasteiger partial charge in [-0.15, -0.1) is 0 Å². The molecule has 0 spiro atoms. The van der Waals surface area contributed by atoms with Gasteiger partial charge in [0.2, 0.25) is 0 Å². The molecule has 2 fully saturated rings. The van der Waals surface area contributed by atoms with Crippen LogP contribution < -0.4 is 0 Å². The Morgan fingerprint density at radius 2 is 1.74 bits per heavy atom. The Morgan fingerprint density at radius 3 is 2.35 bits per heavy atom. The van der Waals surface area contributed by atoms with E-state index >= 15 is 0 Å². The van der Waals surface area contributed by atoms with Gasteiger partial charge in [0.15, 0.2) is 0 Å². The van der Waals surface area contributed by atoms with Gasteiger partial charge in [0.05, 0.1) is 22.5 Å². The SMILES string of the molecule is O=[N+]([O-])c1c(COP(=O)(N2CC2)N2CC2)ccc2ccccc12. The predicted octanol–water partition coefficient (Wildman–Crippen LogP) is 3.00. The van der Waals surface area contributed by atoms with E-state index in [1.165, 1.54) is 0 Å². The molecule has 0 saturated carbocycles. The number of rotatable bonds is 6. The summed E-state index contributed by atoms with van der Waals surface area (Å²) in [6.07, 6.45) is 0. The highest BCUT2D eigenvalue weighted by Gasteiger charge is 2.49. The topological polar surface area (TPSA) is 75.5 Å². The maximum absolute atomic E-state index is 12.9. The lowest BCUT2D eigenvalue weighted by Crippen LogP contribution is -2.08. The second kappa shape index (κ2) is 5.39. The summed E-state index contributed by atoms with van der Waals surface area (Å²) < 4.78 is 22.2. The van der Waals surface area contributed by atoms with Crippen LogP contribution in [0.4, 0.5) is 5.69 Å². The first-order valence-electron chi connectivity index (χ1n) is 7.50. The standard InChI is InChI=1S/C15H16N3O4P/c19-18(20)15-13(6-5-12-3-1-2-4-14(12)15)11-22-23(21,16-7-8-16)17-9-10-17/h1-6H,7-11H2. The number of nitro groups is 1. The zero-order valence-corrected chi connectivity index (χ0v) is 13.3. The normalized spacial score (nSPS) is 18.3. The van der Waals surface area contributed by atoms with Crippen LogP contribution in [-0.4, -0.2) is 40.4 Å². The van der Waals surface area contributed by atoms with E-state index in [0.29, 0.717) is 10.9 Å². The first-order chi connectivity index (χ1) is 11.1. The van der Waals surface area contributed by atoms with Crippen LogP contribution >= 0.6 is 7.67 Å². The lowest BCUT2D eigenvalue weighted by atomic mass is 10.0. The van der Waals surface area contributed by atoms with Gasteiger partial charge in [-0.25, -0.2) is 9.34 Å². The van der Waals surface area contributed by atoms with Crippen LogP contribution in [0, 0.1) is 10.1 Å². The molecule has 0 bridgehead atoms. The molecule has 2 saturated heterocycles. The Kier molecular flexibility index (Phi) is 3.46. The fourth-order valence-electron chi connectivity index (χ4n) is 2.72. The summed E-state index contributed by atoms with van der Waals surface area (Å²) in [6.45, 7) is 3.01. The van der Waals surface area contributed by atoms with E-state index in [2.05, 4.69) is 0 Å². The minimum Gasteiger partial charge on any atom is -0.301 e. The largest absolute Gasteiger partial charge is 0.346 e. The molecule has 0 radical (unpaired) electrons. The minimum atomic E-state index is -2.97. The summed E-state index contributed by atoms with van der Waals surface area (Å²) in [5, 5.41) is 12.9. The highest BCUT2D eigenvalue weighted by atomic mass is 31.2. The van der Waals surface area contributed by atoms with E-state index in [0.717, 1.165) is 31.6 Å². The highest BCUT2D eigenvalue weighted by molar-refractivity contribution is 7.54. The predicted molar refractivity (Wildman–Crippen MR) is 86.1 cm³/mol. The van der Waals surface area contributed by atoms with Gasteiger partial charge in [-0.2, -0.15) is 0 Å². The third-order valence-corrected chi connectivity index (χ3v) is 6.81. The Balaban J connectivity index is 1.67. The van der Waals surface area contributed by atoms with Gasteiger partial charge in [-0.1, -0.05) is 24.3 Å². The van der Waals surface area contributed by atoms with E-state index in [1.807, 2.05) is 18.2 Å². The number of hydrogen-bond donors (Lipinski definition) is 0. The van der Waals surface area contributed by atoms with Crippen molar-refractivity contribution in [1.82, 2.24) is 9.34 Å². The van der Waals surface area contributed by atoms with E-state index in [1.54, 1.807) is 27.5 Å². The van der Waals surface area contributed by atoms with Gasteiger partial charge in [0.25, 0.3) is 5.69 Å². The molecule has 7 nitrogen and oxygen atoms in total. The van der Waals surface area contributed by atoms with Gasteiger partial charge in [-0.3, -0.25) is 14.7 Å². The lowest BCUT2D eigenvalue weighted by molar-refractivity contribution is -0.384. The number of hydrogen-bond acceptors (Lipinski definition) is 4. The third kappa shape index (κ3) is 2.66. The second-order valence-electron chi connectivity index (χ2n) is 5.72. The molecule has 0 unspecified atom stereocenters. The molecule has 0 aliphatic carbocycles. The van der Waals surface area contributed by atoms with Crippen LogP contribution in [0.25, 0.3) is 10.8 Å². The molecule has 2 aromatic carbocycles. The number of benzene rings is 2. The fraction of sp³-hybridized carbons (Fsp3) is 0.333. The summed E-state index contributed by atoms with van der Waals surface area (Å²) >= 11 is 0. The van der Waals surface area contributed by atoms with Gasteiger partial charge in [0.1, 0.15) is 0 Å². The smallest absolute Gasteiger partial charge is 0.301 e. The molecule has 23 heavy (non-hydrogen) atoms. The summed E-state index contributed by atoms with van der Waals surface area (Å²) in [5.41, 5.74) is 0.490. The summed E-state index contributed by atoms with van der Waals surface area (Å²) in [5.74, 6) is 0. The average molecular weight is 333 g/mol. The second-order valence-corrected chi connectivity index (χ2v) is 8.09. The van der Waals surface area contributed by atoms with E-state index in [4.69, 9.17) is 4.52 Å². The number of nitro benzene ring substituents is 1. The molecule has 8 heteroatoms. The fourth-order valence-corrected chi connectivity index (χ4v) is 4.90. The van der Waals surface area contributed by atoms with Crippen molar-refractivity contribution in [2.24, 2.45) is 0 Å². The molecular formula is C15H16N3O4P. The van der Waals surface area contributed by atoms with Gasteiger partial charge in [-0.05, 0) is 17.5 Å². The Hall–Kier alpha value is -1.79. The van der Waals surface area contributed by atoms with E-state index in [-0.39, 0.29) is 17.2 Å². The van der Waals surface area contributed by atoms with Crippen molar-refractivity contribution in [3.05, 3.63) is 52.1 Å². The molecule has 2 aliphatic rings. The Morgan fingerprint density at radius 1 is 1.09 bits per heavy atom. The highest BCUT2D eigenvalue weighted by Crippen LogP contribution is 2.61. The van der Waals surface area contributed by atoms with Crippen LogP contribution in [0.3, 0.4) is 0 Å². The van der Waals surface area contributed by atoms with Crippen molar-refractivity contribution < 1.29 is 14.0 Å². The Bertz CT molecular complexity index is 817. The molecule has 0 atom stereocenters. The van der Waals surface area contributed by atoms with Gasteiger partial charge in [0, 0.05) is 26.2 Å².